The average Bonchev–Trinajstić information content (AvgIpc) is 3.29. The van der Waals surface area contributed by atoms with Crippen LogP contribution >= 0.6 is 11.3 Å². The van der Waals surface area contributed by atoms with Crippen LogP contribution in [0.1, 0.15) is 37.9 Å². The zero-order valence-corrected chi connectivity index (χ0v) is 23.6. The quantitative estimate of drug-likeness (QED) is 0.284. The minimum atomic E-state index is -0.752. The molecule has 1 atom stereocenters. The Morgan fingerprint density at radius 1 is 0.925 bits per heavy atom. The van der Waals surface area contributed by atoms with E-state index < -0.39 is 12.0 Å². The van der Waals surface area contributed by atoms with Crippen LogP contribution in [0.4, 0.5) is 0 Å². The average molecular weight is 559 g/mol. The second-order valence-electron chi connectivity index (χ2n) is 8.88. The number of nitrogens with zero attached hydrogens (tertiary/aromatic N) is 2. The van der Waals surface area contributed by atoms with Gasteiger partial charge in [-0.1, -0.05) is 47.7 Å². The van der Waals surface area contributed by atoms with Crippen LogP contribution < -0.4 is 29.1 Å². The van der Waals surface area contributed by atoms with Crippen LogP contribution in [0.25, 0.3) is 16.8 Å². The van der Waals surface area contributed by atoms with Gasteiger partial charge >= 0.3 is 5.97 Å². The third-order valence-electron chi connectivity index (χ3n) is 6.51. The SMILES string of the molecule is CCOc1ccc([C@H]2C(C(=O)OC)=CN=c3s/c(=C\c4ccc(OCC)c5ccccc45)c(=O)n32)cc1OCC. The van der Waals surface area contributed by atoms with E-state index in [0.717, 1.165) is 22.1 Å². The van der Waals surface area contributed by atoms with Crippen LogP contribution in [0.2, 0.25) is 0 Å². The highest BCUT2D eigenvalue weighted by molar-refractivity contribution is 7.07. The van der Waals surface area contributed by atoms with Gasteiger partial charge in [0.15, 0.2) is 16.3 Å². The van der Waals surface area contributed by atoms with Crippen molar-refractivity contribution in [3.05, 3.63) is 97.2 Å². The number of fused-ring (bicyclic) bond motifs is 2. The molecule has 0 radical (unpaired) electrons. The molecule has 0 fully saturated rings. The van der Waals surface area contributed by atoms with E-state index in [-0.39, 0.29) is 11.1 Å². The predicted octanol–water partition coefficient (Wildman–Crippen LogP) is 4.37. The highest BCUT2D eigenvalue weighted by Gasteiger charge is 2.31. The van der Waals surface area contributed by atoms with Crippen molar-refractivity contribution in [2.75, 3.05) is 26.9 Å². The monoisotopic (exact) mass is 558 g/mol. The van der Waals surface area contributed by atoms with Gasteiger partial charge < -0.3 is 18.9 Å². The minimum absolute atomic E-state index is 0.250. The molecule has 0 spiro atoms. The van der Waals surface area contributed by atoms with Crippen molar-refractivity contribution in [3.63, 3.8) is 0 Å². The summed E-state index contributed by atoms with van der Waals surface area (Å²) in [7, 11) is 1.31. The number of ether oxygens (including phenoxy) is 4. The lowest BCUT2D eigenvalue weighted by Gasteiger charge is -2.23. The number of carbonyl (C=O) groups excluding carboxylic acids is 1. The van der Waals surface area contributed by atoms with Crippen LogP contribution in [0, 0.1) is 0 Å². The number of esters is 1. The maximum Gasteiger partial charge on any atom is 0.337 e. The molecule has 8 nitrogen and oxygen atoms in total. The van der Waals surface area contributed by atoms with E-state index in [9.17, 15) is 9.59 Å². The Hall–Kier alpha value is -4.37. The van der Waals surface area contributed by atoms with Gasteiger partial charge in [-0.3, -0.25) is 9.36 Å². The Kier molecular flexibility index (Phi) is 8.02. The highest BCUT2D eigenvalue weighted by atomic mass is 32.1. The van der Waals surface area contributed by atoms with Crippen LogP contribution in [-0.2, 0) is 9.53 Å². The zero-order chi connectivity index (χ0) is 28.2. The minimum Gasteiger partial charge on any atom is -0.493 e. The fourth-order valence-corrected chi connectivity index (χ4v) is 5.79. The van der Waals surface area contributed by atoms with Gasteiger partial charge in [-0.25, -0.2) is 9.79 Å². The lowest BCUT2D eigenvalue weighted by atomic mass is 9.97. The predicted molar refractivity (Wildman–Crippen MR) is 155 cm³/mol. The van der Waals surface area contributed by atoms with E-state index in [0.29, 0.717) is 46.2 Å². The molecule has 2 heterocycles. The van der Waals surface area contributed by atoms with Gasteiger partial charge in [-0.2, -0.15) is 0 Å². The van der Waals surface area contributed by atoms with Crippen molar-refractivity contribution < 1.29 is 23.7 Å². The molecule has 0 unspecified atom stereocenters. The number of thiazole rings is 1. The van der Waals surface area contributed by atoms with Gasteiger partial charge in [0.05, 0.1) is 43.1 Å². The van der Waals surface area contributed by atoms with E-state index in [1.807, 2.05) is 69.3 Å². The van der Waals surface area contributed by atoms with Crippen molar-refractivity contribution in [3.8, 4) is 17.2 Å². The first-order valence-corrected chi connectivity index (χ1v) is 14.0. The molecular formula is C31H30N2O6S. The Morgan fingerprint density at radius 2 is 1.60 bits per heavy atom. The van der Waals surface area contributed by atoms with Crippen LogP contribution in [-0.4, -0.2) is 37.5 Å². The summed E-state index contributed by atoms with van der Waals surface area (Å²) in [5.41, 5.74) is 1.55. The lowest BCUT2D eigenvalue weighted by molar-refractivity contribution is -0.136. The molecule has 1 aliphatic rings. The van der Waals surface area contributed by atoms with Gasteiger partial charge in [0.2, 0.25) is 0 Å². The molecule has 0 amide bonds. The molecule has 0 bridgehead atoms. The molecule has 0 N–H and O–H groups in total. The molecule has 1 aromatic heterocycles. The van der Waals surface area contributed by atoms with Crippen LogP contribution in [0.5, 0.6) is 17.2 Å². The fraction of sp³-hybridized carbons (Fsp3) is 0.258. The third-order valence-corrected chi connectivity index (χ3v) is 7.51. The first kappa shape index (κ1) is 27.2. The van der Waals surface area contributed by atoms with Crippen LogP contribution in [0.15, 0.2) is 76.2 Å². The van der Waals surface area contributed by atoms with Gasteiger partial charge in [0.1, 0.15) is 5.75 Å². The number of rotatable bonds is 9. The number of aromatic nitrogens is 1. The van der Waals surface area contributed by atoms with Gasteiger partial charge in [-0.05, 0) is 61.6 Å². The molecule has 3 aromatic carbocycles. The largest absolute Gasteiger partial charge is 0.493 e. The molecule has 9 heteroatoms. The molecule has 40 heavy (non-hydrogen) atoms. The smallest absolute Gasteiger partial charge is 0.337 e. The standard InChI is InChI=1S/C31H30N2O6S/c1-5-37-24-14-12-19(21-10-8-9-11-22(21)24)17-27-29(34)33-28(23(30(35)36-4)18-32-31(33)40-27)20-13-15-25(38-6-2)26(16-20)39-7-3/h8-18,28H,5-7H2,1-4H3/b27-17-/t28-/m0/s1. The van der Waals surface area contributed by atoms with Crippen LogP contribution in [0.3, 0.4) is 0 Å². The maximum absolute atomic E-state index is 14.0. The zero-order valence-electron chi connectivity index (χ0n) is 22.8. The van der Waals surface area contributed by atoms with Gasteiger partial charge in [0.25, 0.3) is 5.56 Å². The first-order chi connectivity index (χ1) is 19.5. The van der Waals surface area contributed by atoms with Crippen molar-refractivity contribution in [1.82, 2.24) is 4.57 Å². The number of methoxy groups -OCH3 is 1. The number of hydrogen-bond donors (Lipinski definition) is 0. The van der Waals surface area contributed by atoms with E-state index in [1.54, 1.807) is 16.7 Å². The van der Waals surface area contributed by atoms with E-state index in [4.69, 9.17) is 18.9 Å². The number of benzene rings is 3. The lowest BCUT2D eigenvalue weighted by Crippen LogP contribution is -2.39. The molecule has 5 rings (SSSR count). The van der Waals surface area contributed by atoms with Crippen molar-refractivity contribution in [2.45, 2.75) is 26.8 Å². The molecule has 0 saturated carbocycles. The highest BCUT2D eigenvalue weighted by Crippen LogP contribution is 2.35. The normalized spacial score (nSPS) is 14.8. The van der Waals surface area contributed by atoms with Gasteiger partial charge in [-0.15, -0.1) is 0 Å². The summed E-state index contributed by atoms with van der Waals surface area (Å²) in [5, 5.41) is 1.94. The van der Waals surface area contributed by atoms with E-state index >= 15 is 0 Å². The summed E-state index contributed by atoms with van der Waals surface area (Å²) in [6.45, 7) is 7.19. The van der Waals surface area contributed by atoms with E-state index in [2.05, 4.69) is 4.99 Å². The second-order valence-corrected chi connectivity index (χ2v) is 9.89. The number of hydrogen-bond acceptors (Lipinski definition) is 8. The Bertz CT molecular complexity index is 1790. The molecule has 0 aliphatic carbocycles. The molecular weight excluding hydrogens is 528 g/mol. The topological polar surface area (TPSA) is 88.4 Å². The summed E-state index contributed by atoms with van der Waals surface area (Å²) in [5.74, 6) is 1.35. The molecule has 1 aliphatic heterocycles. The molecule has 4 aromatic rings. The Labute approximate surface area is 235 Å². The van der Waals surface area contributed by atoms with E-state index in [1.165, 1.54) is 24.6 Å². The second kappa shape index (κ2) is 11.8. The van der Waals surface area contributed by atoms with Gasteiger partial charge in [0, 0.05) is 11.6 Å². The fourth-order valence-electron chi connectivity index (χ4n) is 4.83. The van der Waals surface area contributed by atoms with Crippen molar-refractivity contribution in [2.24, 2.45) is 4.99 Å². The van der Waals surface area contributed by atoms with Crippen molar-refractivity contribution >= 4 is 34.2 Å². The van der Waals surface area contributed by atoms with Crippen molar-refractivity contribution in [1.29, 1.82) is 0 Å². The summed E-state index contributed by atoms with van der Waals surface area (Å²) in [6, 6.07) is 16.5. The Balaban J connectivity index is 1.69. The first-order valence-electron chi connectivity index (χ1n) is 13.1. The number of carbonyl (C=O) groups is 1. The maximum atomic E-state index is 14.0. The summed E-state index contributed by atoms with van der Waals surface area (Å²) >= 11 is 1.27. The Morgan fingerprint density at radius 3 is 2.33 bits per heavy atom. The summed E-state index contributed by atoms with van der Waals surface area (Å²) in [6.07, 6.45) is 3.35. The third kappa shape index (κ3) is 5.00. The molecule has 0 saturated heterocycles. The summed E-state index contributed by atoms with van der Waals surface area (Å²) < 4.78 is 24.5. The molecule has 206 valence electrons. The summed E-state index contributed by atoms with van der Waals surface area (Å²) in [4.78, 5) is 31.8.